The lowest BCUT2D eigenvalue weighted by molar-refractivity contribution is 0.194. The molecule has 0 aromatic heterocycles. The number of benzene rings is 1. The first-order chi connectivity index (χ1) is 7.90. The quantitative estimate of drug-likeness (QED) is 0.901. The highest BCUT2D eigenvalue weighted by atomic mass is 79.9. The second-order valence-corrected chi connectivity index (χ2v) is 4.65. The third-order valence-electron chi connectivity index (χ3n) is 2.91. The number of hydrogen-bond donors (Lipinski definition) is 2. The summed E-state index contributed by atoms with van der Waals surface area (Å²) in [5.74, 6) is 0.747. The Morgan fingerprint density at radius 2 is 1.88 bits per heavy atom. The van der Waals surface area contributed by atoms with Crippen LogP contribution in [-0.4, -0.2) is 18.3 Å². The molecule has 0 heterocycles. The Morgan fingerprint density at radius 3 is 2.35 bits per heavy atom. The minimum atomic E-state index is -1.04. The molecule has 0 saturated heterocycles. The third-order valence-corrected chi connectivity index (χ3v) is 4.10. The number of hydrogen-bond acceptors (Lipinski definition) is 2. The first-order valence-corrected chi connectivity index (χ1v) is 5.98. The maximum Gasteiger partial charge on any atom is 0.404 e. The largest absolute Gasteiger partial charge is 0.496 e. The van der Waals surface area contributed by atoms with E-state index in [2.05, 4.69) is 21.2 Å². The summed E-state index contributed by atoms with van der Waals surface area (Å²) in [6.45, 7) is 6.15. The van der Waals surface area contributed by atoms with Gasteiger partial charge in [0.1, 0.15) is 5.75 Å². The van der Waals surface area contributed by atoms with Crippen molar-refractivity contribution in [2.75, 3.05) is 7.11 Å². The minimum absolute atomic E-state index is 0.240. The van der Waals surface area contributed by atoms with Gasteiger partial charge in [-0.2, -0.15) is 0 Å². The second kappa shape index (κ2) is 5.40. The van der Waals surface area contributed by atoms with Gasteiger partial charge in [0.2, 0.25) is 0 Å². The van der Waals surface area contributed by atoms with E-state index in [1.165, 1.54) is 0 Å². The van der Waals surface area contributed by atoms with Crippen LogP contribution >= 0.6 is 15.9 Å². The average molecular weight is 302 g/mol. The molecule has 1 aromatic rings. The van der Waals surface area contributed by atoms with Gasteiger partial charge in [-0.3, -0.25) is 0 Å². The zero-order valence-electron chi connectivity index (χ0n) is 10.3. The van der Waals surface area contributed by atoms with Gasteiger partial charge in [0.05, 0.1) is 13.7 Å². The lowest BCUT2D eigenvalue weighted by atomic mass is 9.99. The minimum Gasteiger partial charge on any atom is -0.496 e. The SMILES string of the molecule is COc1c(C)c(C)c(Br)c(C)c1CNC(=O)O. The molecule has 0 aliphatic heterocycles. The Kier molecular flexibility index (Phi) is 4.40. The molecular formula is C12H16BrNO3. The molecule has 0 aliphatic carbocycles. The lowest BCUT2D eigenvalue weighted by Crippen LogP contribution is -2.21. The van der Waals surface area contributed by atoms with E-state index >= 15 is 0 Å². The van der Waals surface area contributed by atoms with E-state index in [4.69, 9.17) is 9.84 Å². The Morgan fingerprint density at radius 1 is 1.29 bits per heavy atom. The molecule has 17 heavy (non-hydrogen) atoms. The summed E-state index contributed by atoms with van der Waals surface area (Å²) in [7, 11) is 1.60. The maximum atomic E-state index is 10.6. The van der Waals surface area contributed by atoms with Crippen LogP contribution in [0.1, 0.15) is 22.3 Å². The highest BCUT2D eigenvalue weighted by Gasteiger charge is 2.16. The van der Waals surface area contributed by atoms with E-state index in [1.807, 2.05) is 20.8 Å². The fraction of sp³-hybridized carbons (Fsp3) is 0.417. The van der Waals surface area contributed by atoms with Crippen LogP contribution in [0.15, 0.2) is 4.47 Å². The number of methoxy groups -OCH3 is 1. The molecule has 0 saturated carbocycles. The first kappa shape index (κ1) is 13.8. The van der Waals surface area contributed by atoms with Crippen LogP contribution in [0.5, 0.6) is 5.75 Å². The number of rotatable bonds is 3. The first-order valence-electron chi connectivity index (χ1n) is 5.19. The maximum absolute atomic E-state index is 10.6. The number of ether oxygens (including phenoxy) is 1. The van der Waals surface area contributed by atoms with Crippen molar-refractivity contribution in [2.24, 2.45) is 0 Å². The summed E-state index contributed by atoms with van der Waals surface area (Å²) in [6.07, 6.45) is -1.04. The van der Waals surface area contributed by atoms with Crippen molar-refractivity contribution in [1.29, 1.82) is 0 Å². The zero-order valence-corrected chi connectivity index (χ0v) is 11.9. The number of nitrogens with one attached hydrogen (secondary N) is 1. The van der Waals surface area contributed by atoms with Gasteiger partial charge in [0.15, 0.2) is 0 Å². The van der Waals surface area contributed by atoms with Gasteiger partial charge < -0.3 is 15.2 Å². The number of amides is 1. The Balaban J connectivity index is 3.31. The third kappa shape index (κ3) is 2.72. The highest BCUT2D eigenvalue weighted by molar-refractivity contribution is 9.10. The van der Waals surface area contributed by atoms with Gasteiger partial charge >= 0.3 is 6.09 Å². The van der Waals surface area contributed by atoms with Crippen molar-refractivity contribution >= 4 is 22.0 Å². The molecule has 1 aromatic carbocycles. The summed E-state index contributed by atoms with van der Waals surface area (Å²) in [6, 6.07) is 0. The smallest absolute Gasteiger partial charge is 0.404 e. The van der Waals surface area contributed by atoms with E-state index in [0.717, 1.165) is 32.5 Å². The molecule has 2 N–H and O–H groups in total. The molecule has 0 unspecified atom stereocenters. The monoisotopic (exact) mass is 301 g/mol. The van der Waals surface area contributed by atoms with E-state index in [9.17, 15) is 4.79 Å². The average Bonchev–Trinajstić information content (AvgIpc) is 2.29. The second-order valence-electron chi connectivity index (χ2n) is 3.86. The molecule has 0 radical (unpaired) electrons. The van der Waals surface area contributed by atoms with Crippen molar-refractivity contribution < 1.29 is 14.6 Å². The molecule has 5 heteroatoms. The molecule has 0 atom stereocenters. The topological polar surface area (TPSA) is 58.6 Å². The molecule has 94 valence electrons. The van der Waals surface area contributed by atoms with Gasteiger partial charge in [-0.1, -0.05) is 15.9 Å². The molecule has 0 fully saturated rings. The van der Waals surface area contributed by atoms with Gasteiger partial charge in [-0.05, 0) is 37.5 Å². The predicted molar refractivity (Wildman–Crippen MR) is 69.8 cm³/mol. The van der Waals surface area contributed by atoms with Gasteiger partial charge in [0, 0.05) is 10.0 Å². The summed E-state index contributed by atoms with van der Waals surface area (Å²) in [5, 5.41) is 11.0. The molecule has 0 spiro atoms. The summed E-state index contributed by atoms with van der Waals surface area (Å²) >= 11 is 3.52. The molecular weight excluding hydrogens is 286 g/mol. The van der Waals surface area contributed by atoms with Gasteiger partial charge in [0.25, 0.3) is 0 Å². The number of halogens is 1. The Labute approximate surface area is 109 Å². The van der Waals surface area contributed by atoms with Gasteiger partial charge in [-0.25, -0.2) is 4.79 Å². The molecule has 0 bridgehead atoms. The fourth-order valence-corrected chi connectivity index (χ4v) is 2.34. The van der Waals surface area contributed by atoms with Gasteiger partial charge in [-0.15, -0.1) is 0 Å². The fourth-order valence-electron chi connectivity index (χ4n) is 1.80. The van der Waals surface area contributed by atoms with Crippen LogP contribution in [-0.2, 0) is 6.54 Å². The lowest BCUT2D eigenvalue weighted by Gasteiger charge is -2.18. The van der Waals surface area contributed by atoms with Crippen molar-refractivity contribution in [3.05, 3.63) is 26.7 Å². The predicted octanol–water partition coefficient (Wildman–Crippen LogP) is 3.15. The standard InChI is InChI=1S/C12H16BrNO3/c1-6-7(2)11(17-4)9(5-14-12(15)16)8(3)10(6)13/h14H,5H2,1-4H3,(H,15,16). The van der Waals surface area contributed by atoms with Crippen LogP contribution in [0.4, 0.5) is 4.79 Å². The Bertz CT molecular complexity index is 458. The molecule has 0 aliphatic rings. The van der Waals surface area contributed by atoms with Crippen LogP contribution in [0, 0.1) is 20.8 Å². The van der Waals surface area contributed by atoms with E-state index in [0.29, 0.717) is 0 Å². The van der Waals surface area contributed by atoms with E-state index in [1.54, 1.807) is 7.11 Å². The van der Waals surface area contributed by atoms with Crippen molar-refractivity contribution in [1.82, 2.24) is 5.32 Å². The Hall–Kier alpha value is -1.23. The number of carboxylic acid groups (broad SMARTS) is 1. The molecule has 1 amide bonds. The summed E-state index contributed by atoms with van der Waals surface area (Å²) in [4.78, 5) is 10.6. The van der Waals surface area contributed by atoms with E-state index in [-0.39, 0.29) is 6.54 Å². The van der Waals surface area contributed by atoms with Crippen LogP contribution in [0.3, 0.4) is 0 Å². The normalized spacial score (nSPS) is 10.2. The highest BCUT2D eigenvalue weighted by Crippen LogP contribution is 2.35. The molecule has 4 nitrogen and oxygen atoms in total. The van der Waals surface area contributed by atoms with Crippen LogP contribution in [0.2, 0.25) is 0 Å². The van der Waals surface area contributed by atoms with Crippen molar-refractivity contribution in [3.8, 4) is 5.75 Å². The van der Waals surface area contributed by atoms with Crippen molar-refractivity contribution in [3.63, 3.8) is 0 Å². The molecule has 1 rings (SSSR count). The van der Waals surface area contributed by atoms with Crippen LogP contribution < -0.4 is 10.1 Å². The van der Waals surface area contributed by atoms with E-state index < -0.39 is 6.09 Å². The zero-order chi connectivity index (χ0) is 13.2. The van der Waals surface area contributed by atoms with Crippen LogP contribution in [0.25, 0.3) is 0 Å². The number of carbonyl (C=O) groups is 1. The summed E-state index contributed by atoms with van der Waals surface area (Å²) < 4.78 is 6.37. The van der Waals surface area contributed by atoms with Crippen molar-refractivity contribution in [2.45, 2.75) is 27.3 Å². The summed E-state index contributed by atoms with van der Waals surface area (Å²) in [5.41, 5.74) is 3.99.